The van der Waals surface area contributed by atoms with Crippen molar-refractivity contribution in [2.24, 2.45) is 7.05 Å². The molecule has 0 spiro atoms. The van der Waals surface area contributed by atoms with E-state index in [1.54, 1.807) is 18.1 Å². The summed E-state index contributed by atoms with van der Waals surface area (Å²) >= 11 is 13.7. The highest BCUT2D eigenvalue weighted by atomic mass is 35.5. The third-order valence-corrected chi connectivity index (χ3v) is 3.85. The predicted octanol–water partition coefficient (Wildman–Crippen LogP) is 3.41. The first-order chi connectivity index (χ1) is 7.68. The lowest BCUT2D eigenvalue weighted by molar-refractivity contribution is 0.788. The van der Waals surface area contributed by atoms with E-state index in [4.69, 9.17) is 23.2 Å². The SMILES string of the molecule is Cn1cnnc1SCc1c(Cl)cccc1Cl. The average molecular weight is 274 g/mol. The number of aryl methyl sites for hydroxylation is 1. The Hall–Kier alpha value is -0.710. The van der Waals surface area contributed by atoms with Gasteiger partial charge in [0.15, 0.2) is 5.16 Å². The molecule has 0 saturated heterocycles. The van der Waals surface area contributed by atoms with E-state index in [1.165, 1.54) is 0 Å². The highest BCUT2D eigenvalue weighted by molar-refractivity contribution is 7.98. The Morgan fingerprint density at radius 2 is 2.00 bits per heavy atom. The van der Waals surface area contributed by atoms with Crippen LogP contribution in [0.2, 0.25) is 10.0 Å². The maximum absolute atomic E-state index is 6.07. The van der Waals surface area contributed by atoms with Gasteiger partial charge in [0.1, 0.15) is 6.33 Å². The van der Waals surface area contributed by atoms with E-state index >= 15 is 0 Å². The summed E-state index contributed by atoms with van der Waals surface area (Å²) in [6, 6.07) is 5.50. The van der Waals surface area contributed by atoms with Crippen molar-refractivity contribution in [1.82, 2.24) is 14.8 Å². The van der Waals surface area contributed by atoms with E-state index in [0.29, 0.717) is 15.8 Å². The quantitative estimate of drug-likeness (QED) is 0.803. The van der Waals surface area contributed by atoms with Crippen LogP contribution in [0.1, 0.15) is 5.56 Å². The van der Waals surface area contributed by atoms with Gasteiger partial charge in [0.25, 0.3) is 0 Å². The van der Waals surface area contributed by atoms with Gasteiger partial charge in [-0.2, -0.15) is 0 Å². The van der Waals surface area contributed by atoms with Crippen LogP contribution in [0, 0.1) is 0 Å². The first-order valence-electron chi connectivity index (χ1n) is 4.58. The number of benzene rings is 1. The maximum atomic E-state index is 6.07. The average Bonchev–Trinajstić information content (AvgIpc) is 2.64. The summed E-state index contributed by atoms with van der Waals surface area (Å²) in [5.41, 5.74) is 0.929. The molecule has 0 bridgehead atoms. The minimum atomic E-state index is 0.683. The third-order valence-electron chi connectivity index (χ3n) is 2.08. The van der Waals surface area contributed by atoms with Crippen LogP contribution >= 0.6 is 35.0 Å². The van der Waals surface area contributed by atoms with Crippen molar-refractivity contribution in [2.45, 2.75) is 10.9 Å². The van der Waals surface area contributed by atoms with Crippen LogP contribution in [0.25, 0.3) is 0 Å². The molecule has 0 aliphatic rings. The minimum absolute atomic E-state index is 0.683. The predicted molar refractivity (Wildman–Crippen MR) is 67.0 cm³/mol. The van der Waals surface area contributed by atoms with Crippen molar-refractivity contribution in [1.29, 1.82) is 0 Å². The maximum Gasteiger partial charge on any atom is 0.191 e. The van der Waals surface area contributed by atoms with E-state index in [2.05, 4.69) is 10.2 Å². The molecule has 16 heavy (non-hydrogen) atoms. The van der Waals surface area contributed by atoms with Gasteiger partial charge in [0, 0.05) is 22.8 Å². The van der Waals surface area contributed by atoms with Crippen molar-refractivity contribution in [3.63, 3.8) is 0 Å². The smallest absolute Gasteiger partial charge is 0.191 e. The second-order valence-electron chi connectivity index (χ2n) is 3.21. The molecule has 1 aromatic heterocycles. The Morgan fingerprint density at radius 1 is 1.31 bits per heavy atom. The van der Waals surface area contributed by atoms with E-state index in [9.17, 15) is 0 Å². The van der Waals surface area contributed by atoms with Gasteiger partial charge in [-0.15, -0.1) is 10.2 Å². The Kier molecular flexibility index (Phi) is 3.74. The molecule has 3 nitrogen and oxygen atoms in total. The molecule has 0 atom stereocenters. The van der Waals surface area contributed by atoms with Crippen LogP contribution in [0.15, 0.2) is 29.7 Å². The van der Waals surface area contributed by atoms with E-state index in [-0.39, 0.29) is 0 Å². The lowest BCUT2D eigenvalue weighted by Crippen LogP contribution is -1.91. The molecule has 0 aliphatic carbocycles. The van der Waals surface area contributed by atoms with Crippen LogP contribution in [0.4, 0.5) is 0 Å². The normalized spacial score (nSPS) is 10.7. The molecule has 1 heterocycles. The first kappa shape index (κ1) is 11.8. The van der Waals surface area contributed by atoms with Crippen LogP contribution < -0.4 is 0 Å². The second-order valence-corrected chi connectivity index (χ2v) is 4.97. The van der Waals surface area contributed by atoms with Crippen molar-refractivity contribution in [3.8, 4) is 0 Å². The van der Waals surface area contributed by atoms with Gasteiger partial charge in [-0.1, -0.05) is 41.0 Å². The summed E-state index contributed by atoms with van der Waals surface area (Å²) in [6.07, 6.45) is 1.66. The minimum Gasteiger partial charge on any atom is -0.312 e. The lowest BCUT2D eigenvalue weighted by atomic mass is 10.2. The third kappa shape index (κ3) is 2.51. The Bertz CT molecular complexity index is 478. The van der Waals surface area contributed by atoms with Crippen LogP contribution in [-0.4, -0.2) is 14.8 Å². The molecule has 0 amide bonds. The summed E-state index contributed by atoms with van der Waals surface area (Å²) < 4.78 is 1.86. The van der Waals surface area contributed by atoms with Gasteiger partial charge in [0.2, 0.25) is 0 Å². The Balaban J connectivity index is 2.14. The first-order valence-corrected chi connectivity index (χ1v) is 6.32. The number of hydrogen-bond acceptors (Lipinski definition) is 3. The fourth-order valence-corrected chi connectivity index (χ4v) is 2.84. The summed E-state index contributed by atoms with van der Waals surface area (Å²) in [5, 5.41) is 9.99. The summed E-state index contributed by atoms with van der Waals surface area (Å²) in [7, 11) is 1.90. The molecule has 0 aliphatic heterocycles. The van der Waals surface area contributed by atoms with E-state index in [1.807, 2.05) is 29.8 Å². The molecular weight excluding hydrogens is 265 g/mol. The molecule has 84 valence electrons. The van der Waals surface area contributed by atoms with E-state index in [0.717, 1.165) is 10.7 Å². The topological polar surface area (TPSA) is 30.7 Å². The standard InChI is InChI=1S/C10H9Cl2N3S/c1-15-6-13-14-10(15)16-5-7-8(11)3-2-4-9(7)12/h2-4,6H,5H2,1H3. The van der Waals surface area contributed by atoms with Gasteiger partial charge in [-0.05, 0) is 17.7 Å². The summed E-state index contributed by atoms with van der Waals surface area (Å²) in [6.45, 7) is 0. The fourth-order valence-electron chi connectivity index (χ4n) is 1.21. The van der Waals surface area contributed by atoms with Gasteiger partial charge >= 0.3 is 0 Å². The number of halogens is 2. The summed E-state index contributed by atoms with van der Waals surface area (Å²) in [4.78, 5) is 0. The molecule has 2 aromatic rings. The molecule has 0 N–H and O–H groups in total. The zero-order valence-electron chi connectivity index (χ0n) is 8.52. The van der Waals surface area contributed by atoms with Gasteiger partial charge in [-0.25, -0.2) is 0 Å². The highest BCUT2D eigenvalue weighted by Gasteiger charge is 2.08. The highest BCUT2D eigenvalue weighted by Crippen LogP contribution is 2.30. The zero-order chi connectivity index (χ0) is 11.5. The van der Waals surface area contributed by atoms with Crippen LogP contribution in [-0.2, 0) is 12.8 Å². The fraction of sp³-hybridized carbons (Fsp3) is 0.200. The molecule has 0 fully saturated rings. The molecule has 6 heteroatoms. The van der Waals surface area contributed by atoms with Gasteiger partial charge in [-0.3, -0.25) is 0 Å². The molecule has 0 saturated carbocycles. The van der Waals surface area contributed by atoms with Crippen molar-refractivity contribution in [3.05, 3.63) is 40.1 Å². The molecule has 1 aromatic carbocycles. The summed E-state index contributed by atoms with van der Waals surface area (Å²) in [5.74, 6) is 0.686. The zero-order valence-corrected chi connectivity index (χ0v) is 10.9. The van der Waals surface area contributed by atoms with Crippen LogP contribution in [0.3, 0.4) is 0 Å². The Labute approximate surface area is 108 Å². The number of aromatic nitrogens is 3. The molecule has 0 unspecified atom stereocenters. The number of nitrogens with zero attached hydrogens (tertiary/aromatic N) is 3. The monoisotopic (exact) mass is 273 g/mol. The van der Waals surface area contributed by atoms with Crippen molar-refractivity contribution >= 4 is 35.0 Å². The van der Waals surface area contributed by atoms with Crippen molar-refractivity contribution < 1.29 is 0 Å². The van der Waals surface area contributed by atoms with Crippen LogP contribution in [0.5, 0.6) is 0 Å². The van der Waals surface area contributed by atoms with Gasteiger partial charge < -0.3 is 4.57 Å². The molecule has 2 rings (SSSR count). The number of rotatable bonds is 3. The molecular formula is C10H9Cl2N3S. The van der Waals surface area contributed by atoms with E-state index < -0.39 is 0 Å². The van der Waals surface area contributed by atoms with Gasteiger partial charge in [0.05, 0.1) is 0 Å². The number of hydrogen-bond donors (Lipinski definition) is 0. The second kappa shape index (κ2) is 5.08. The lowest BCUT2D eigenvalue weighted by Gasteiger charge is -2.05. The Morgan fingerprint density at radius 3 is 2.56 bits per heavy atom. The van der Waals surface area contributed by atoms with Crippen molar-refractivity contribution in [2.75, 3.05) is 0 Å². The number of thioether (sulfide) groups is 1. The largest absolute Gasteiger partial charge is 0.312 e. The molecule has 0 radical (unpaired) electrons.